The summed E-state index contributed by atoms with van der Waals surface area (Å²) in [5.41, 5.74) is 2.40. The first-order valence-electron chi connectivity index (χ1n) is 9.83. The van der Waals surface area contributed by atoms with E-state index >= 15 is 0 Å². The van der Waals surface area contributed by atoms with Crippen LogP contribution in [-0.2, 0) is 9.53 Å². The zero-order chi connectivity index (χ0) is 21.3. The molecule has 4 rings (SSSR count). The lowest BCUT2D eigenvalue weighted by Gasteiger charge is -2.29. The van der Waals surface area contributed by atoms with Crippen LogP contribution in [0.2, 0.25) is 0 Å². The Bertz CT molecular complexity index is 1020. The SMILES string of the molecule is Cc1ccc2c(c1)C(=O)N(CCC(=O)Nc1ccc(N3CCOCC3)c(F)c1)C2=O. The third-order valence-electron chi connectivity index (χ3n) is 5.27. The predicted octanol–water partition coefficient (Wildman–Crippen LogP) is 2.60. The number of amides is 3. The standard InChI is InChI=1S/C22H22FN3O4/c1-14-2-4-16-17(12-14)22(29)26(21(16)28)7-6-20(27)24-15-3-5-19(18(23)13-15)25-8-10-30-11-9-25/h2-5,12-13H,6-11H2,1H3,(H,24,27). The van der Waals surface area contributed by atoms with E-state index in [-0.39, 0.29) is 13.0 Å². The lowest BCUT2D eigenvalue weighted by molar-refractivity contribution is -0.116. The summed E-state index contributed by atoms with van der Waals surface area (Å²) in [6.07, 6.45) is -0.0721. The molecular formula is C22H22FN3O4. The van der Waals surface area contributed by atoms with Gasteiger partial charge in [-0.1, -0.05) is 11.6 Å². The third-order valence-corrected chi connectivity index (χ3v) is 5.27. The molecule has 8 heteroatoms. The Morgan fingerprint density at radius 2 is 1.80 bits per heavy atom. The molecule has 2 heterocycles. The molecule has 0 spiro atoms. The van der Waals surface area contributed by atoms with E-state index in [1.807, 2.05) is 11.8 Å². The predicted molar refractivity (Wildman–Crippen MR) is 109 cm³/mol. The topological polar surface area (TPSA) is 79.0 Å². The van der Waals surface area contributed by atoms with E-state index in [2.05, 4.69) is 5.32 Å². The minimum absolute atomic E-state index is 0.0361. The van der Waals surface area contributed by atoms with Crippen molar-refractivity contribution in [1.82, 2.24) is 4.90 Å². The molecule has 1 saturated heterocycles. The summed E-state index contributed by atoms with van der Waals surface area (Å²) in [5.74, 6) is -1.62. The van der Waals surface area contributed by atoms with E-state index in [1.54, 1.807) is 30.3 Å². The number of nitrogens with zero attached hydrogens (tertiary/aromatic N) is 2. The Balaban J connectivity index is 1.36. The quantitative estimate of drug-likeness (QED) is 0.766. The minimum Gasteiger partial charge on any atom is -0.378 e. The van der Waals surface area contributed by atoms with Crippen molar-refractivity contribution < 1.29 is 23.5 Å². The van der Waals surface area contributed by atoms with Crippen molar-refractivity contribution in [1.29, 1.82) is 0 Å². The van der Waals surface area contributed by atoms with Crippen LogP contribution in [-0.4, -0.2) is 55.5 Å². The smallest absolute Gasteiger partial charge is 0.261 e. The van der Waals surface area contributed by atoms with E-state index < -0.39 is 23.5 Å². The van der Waals surface area contributed by atoms with Crippen molar-refractivity contribution >= 4 is 29.1 Å². The summed E-state index contributed by atoms with van der Waals surface area (Å²) in [4.78, 5) is 40.2. The number of benzene rings is 2. The number of anilines is 2. The van der Waals surface area contributed by atoms with Crippen LogP contribution in [0.1, 0.15) is 32.7 Å². The summed E-state index contributed by atoms with van der Waals surface area (Å²) < 4.78 is 19.7. The molecule has 1 fully saturated rings. The van der Waals surface area contributed by atoms with Gasteiger partial charge in [-0.2, -0.15) is 0 Å². The second-order valence-corrected chi connectivity index (χ2v) is 7.37. The van der Waals surface area contributed by atoms with Gasteiger partial charge < -0.3 is 15.0 Å². The van der Waals surface area contributed by atoms with Gasteiger partial charge in [0.15, 0.2) is 0 Å². The number of imide groups is 1. The first-order chi connectivity index (χ1) is 14.4. The van der Waals surface area contributed by atoms with E-state index in [1.165, 1.54) is 6.07 Å². The maximum absolute atomic E-state index is 14.5. The number of hydrogen-bond acceptors (Lipinski definition) is 5. The van der Waals surface area contributed by atoms with Crippen LogP contribution >= 0.6 is 0 Å². The van der Waals surface area contributed by atoms with E-state index in [9.17, 15) is 18.8 Å². The summed E-state index contributed by atoms with van der Waals surface area (Å²) in [6, 6.07) is 9.61. The number of ether oxygens (including phenoxy) is 1. The van der Waals surface area contributed by atoms with Gasteiger partial charge in [-0.15, -0.1) is 0 Å². The lowest BCUT2D eigenvalue weighted by atomic mass is 10.1. The lowest BCUT2D eigenvalue weighted by Crippen LogP contribution is -2.36. The molecule has 0 radical (unpaired) electrons. The molecular weight excluding hydrogens is 389 g/mol. The summed E-state index contributed by atoms with van der Waals surface area (Å²) in [7, 11) is 0. The van der Waals surface area contributed by atoms with Crippen molar-refractivity contribution in [3.8, 4) is 0 Å². The zero-order valence-corrected chi connectivity index (χ0v) is 16.6. The molecule has 0 saturated carbocycles. The number of carbonyl (C=O) groups is 3. The highest BCUT2D eigenvalue weighted by Gasteiger charge is 2.35. The number of aryl methyl sites for hydroxylation is 1. The second kappa shape index (κ2) is 8.23. The fraction of sp³-hybridized carbons (Fsp3) is 0.318. The molecule has 2 aliphatic rings. The Labute approximate surface area is 173 Å². The van der Waals surface area contributed by atoms with Crippen LogP contribution in [0.5, 0.6) is 0 Å². The van der Waals surface area contributed by atoms with Gasteiger partial charge in [0, 0.05) is 31.7 Å². The van der Waals surface area contributed by atoms with Crippen LogP contribution in [0.25, 0.3) is 0 Å². The Hall–Kier alpha value is -3.26. The highest BCUT2D eigenvalue weighted by molar-refractivity contribution is 6.21. The molecule has 30 heavy (non-hydrogen) atoms. The van der Waals surface area contributed by atoms with Gasteiger partial charge in [-0.25, -0.2) is 4.39 Å². The van der Waals surface area contributed by atoms with Crippen molar-refractivity contribution in [3.05, 3.63) is 58.9 Å². The summed E-state index contributed by atoms with van der Waals surface area (Å²) >= 11 is 0. The molecule has 2 aromatic carbocycles. The van der Waals surface area contributed by atoms with Gasteiger partial charge in [-0.3, -0.25) is 19.3 Å². The fourth-order valence-corrected chi connectivity index (χ4v) is 3.69. The number of nitrogens with one attached hydrogen (secondary N) is 1. The Morgan fingerprint density at radius 3 is 2.53 bits per heavy atom. The molecule has 0 aromatic heterocycles. The Morgan fingerprint density at radius 1 is 1.07 bits per heavy atom. The van der Waals surface area contributed by atoms with Gasteiger partial charge in [-0.05, 0) is 37.3 Å². The number of carbonyl (C=O) groups excluding carboxylic acids is 3. The molecule has 0 bridgehead atoms. The van der Waals surface area contributed by atoms with Crippen LogP contribution in [0, 0.1) is 12.7 Å². The van der Waals surface area contributed by atoms with Crippen LogP contribution in [0.15, 0.2) is 36.4 Å². The molecule has 3 amide bonds. The van der Waals surface area contributed by atoms with Crippen molar-refractivity contribution in [2.45, 2.75) is 13.3 Å². The molecule has 0 aliphatic carbocycles. The molecule has 0 unspecified atom stereocenters. The van der Waals surface area contributed by atoms with Gasteiger partial charge in [0.2, 0.25) is 5.91 Å². The number of fused-ring (bicyclic) bond motifs is 1. The van der Waals surface area contributed by atoms with Crippen molar-refractivity contribution in [2.24, 2.45) is 0 Å². The van der Waals surface area contributed by atoms with Gasteiger partial charge >= 0.3 is 0 Å². The average molecular weight is 411 g/mol. The maximum atomic E-state index is 14.5. The molecule has 1 N–H and O–H groups in total. The van der Waals surface area contributed by atoms with Crippen LogP contribution in [0.4, 0.5) is 15.8 Å². The van der Waals surface area contributed by atoms with E-state index in [4.69, 9.17) is 4.74 Å². The summed E-state index contributed by atoms with van der Waals surface area (Å²) in [6.45, 7) is 4.14. The van der Waals surface area contributed by atoms with E-state index in [0.29, 0.717) is 48.8 Å². The number of halogens is 1. The van der Waals surface area contributed by atoms with Crippen LogP contribution < -0.4 is 10.2 Å². The normalized spacial score (nSPS) is 16.1. The third kappa shape index (κ3) is 3.91. The summed E-state index contributed by atoms with van der Waals surface area (Å²) in [5, 5.41) is 2.63. The first-order valence-corrected chi connectivity index (χ1v) is 9.83. The highest BCUT2D eigenvalue weighted by atomic mass is 19.1. The maximum Gasteiger partial charge on any atom is 0.261 e. The number of hydrogen-bond donors (Lipinski definition) is 1. The van der Waals surface area contributed by atoms with E-state index in [0.717, 1.165) is 10.5 Å². The number of morpholine rings is 1. The molecule has 2 aromatic rings. The molecule has 2 aliphatic heterocycles. The average Bonchev–Trinajstić information content (AvgIpc) is 2.96. The van der Waals surface area contributed by atoms with Gasteiger partial charge in [0.05, 0.1) is 30.0 Å². The van der Waals surface area contributed by atoms with Crippen molar-refractivity contribution in [2.75, 3.05) is 43.1 Å². The number of rotatable bonds is 5. The molecule has 0 atom stereocenters. The zero-order valence-electron chi connectivity index (χ0n) is 16.6. The van der Waals surface area contributed by atoms with Gasteiger partial charge in [0.1, 0.15) is 5.82 Å². The van der Waals surface area contributed by atoms with Gasteiger partial charge in [0.25, 0.3) is 11.8 Å². The molecule has 156 valence electrons. The Kier molecular flexibility index (Phi) is 5.50. The molecule has 7 nitrogen and oxygen atoms in total. The fourth-order valence-electron chi connectivity index (χ4n) is 3.69. The minimum atomic E-state index is -0.426. The first kappa shape index (κ1) is 20.0. The highest BCUT2D eigenvalue weighted by Crippen LogP contribution is 2.25. The second-order valence-electron chi connectivity index (χ2n) is 7.37. The largest absolute Gasteiger partial charge is 0.378 e. The van der Waals surface area contributed by atoms with Crippen molar-refractivity contribution in [3.63, 3.8) is 0 Å². The monoisotopic (exact) mass is 411 g/mol. The van der Waals surface area contributed by atoms with Crippen LogP contribution in [0.3, 0.4) is 0 Å².